The smallest absolute Gasteiger partial charge is 0.227 e. The first-order valence-corrected chi connectivity index (χ1v) is 6.94. The van der Waals surface area contributed by atoms with Crippen molar-refractivity contribution in [1.29, 1.82) is 0 Å². The minimum Gasteiger partial charge on any atom is -0.409 e. The Balaban J connectivity index is 2.16. The molecule has 1 fully saturated rings. The van der Waals surface area contributed by atoms with Crippen LogP contribution in [0, 0.1) is 6.92 Å². The highest BCUT2D eigenvalue weighted by Gasteiger charge is 2.39. The first-order valence-electron chi connectivity index (χ1n) is 6.94. The van der Waals surface area contributed by atoms with Gasteiger partial charge in [0.25, 0.3) is 0 Å². The number of aryl methyl sites for hydroxylation is 1. The summed E-state index contributed by atoms with van der Waals surface area (Å²) >= 11 is 0. The van der Waals surface area contributed by atoms with Crippen molar-refractivity contribution in [2.45, 2.75) is 38.2 Å². The third-order valence-electron chi connectivity index (χ3n) is 4.09. The summed E-state index contributed by atoms with van der Waals surface area (Å²) in [6, 6.07) is 5.39. The molecule has 0 spiro atoms. The lowest BCUT2D eigenvalue weighted by molar-refractivity contribution is -0.129. The Bertz CT molecular complexity index is 560. The Morgan fingerprint density at radius 2 is 2.24 bits per heavy atom. The Kier molecular flexibility index (Phi) is 4.47. The van der Waals surface area contributed by atoms with Crippen LogP contribution in [-0.2, 0) is 9.53 Å². The van der Waals surface area contributed by atoms with E-state index < -0.39 is 0 Å². The van der Waals surface area contributed by atoms with Gasteiger partial charge in [-0.25, -0.2) is 0 Å². The zero-order valence-electron chi connectivity index (χ0n) is 12.3. The van der Waals surface area contributed by atoms with Crippen LogP contribution in [0.2, 0.25) is 0 Å². The number of rotatable bonds is 5. The molecule has 114 valence electrons. The van der Waals surface area contributed by atoms with Crippen LogP contribution in [0.4, 0.5) is 5.69 Å². The van der Waals surface area contributed by atoms with Crippen LogP contribution in [0.3, 0.4) is 0 Å². The number of nitrogens with zero attached hydrogens (tertiary/aromatic N) is 1. The van der Waals surface area contributed by atoms with E-state index in [0.29, 0.717) is 17.7 Å². The third-order valence-corrected chi connectivity index (χ3v) is 4.09. The minimum absolute atomic E-state index is 0.0199. The van der Waals surface area contributed by atoms with Gasteiger partial charge in [-0.05, 0) is 37.8 Å². The van der Waals surface area contributed by atoms with E-state index in [1.54, 1.807) is 13.2 Å². The van der Waals surface area contributed by atoms with Crippen LogP contribution in [0.15, 0.2) is 23.4 Å². The number of ether oxygens (including phenoxy) is 1. The average Bonchev–Trinajstić information content (AvgIpc) is 2.42. The molecule has 0 heterocycles. The summed E-state index contributed by atoms with van der Waals surface area (Å²) in [4.78, 5) is 12.2. The number of carbonyl (C=O) groups is 1. The molecule has 0 aromatic heterocycles. The molecule has 0 saturated heterocycles. The van der Waals surface area contributed by atoms with E-state index in [1.165, 1.54) is 0 Å². The van der Waals surface area contributed by atoms with E-state index in [1.807, 2.05) is 19.1 Å². The molecule has 1 aromatic carbocycles. The fourth-order valence-corrected chi connectivity index (χ4v) is 2.67. The van der Waals surface area contributed by atoms with Crippen LogP contribution in [0.1, 0.15) is 36.8 Å². The molecular weight excluding hydrogens is 270 g/mol. The Labute approximate surface area is 124 Å². The molecule has 0 atom stereocenters. The molecule has 2 rings (SSSR count). The third kappa shape index (κ3) is 3.16. The SMILES string of the molecule is COC1(CC(=O)Nc2cccc(C)c2/C(N)=N/O)CCC1. The molecule has 1 aliphatic rings. The number of anilines is 1. The zero-order chi connectivity index (χ0) is 15.5. The topological polar surface area (TPSA) is 96.9 Å². The summed E-state index contributed by atoms with van der Waals surface area (Å²) in [6.45, 7) is 1.84. The number of carbonyl (C=O) groups excluding carboxylic acids is 1. The second-order valence-electron chi connectivity index (χ2n) is 5.45. The van der Waals surface area contributed by atoms with E-state index in [0.717, 1.165) is 24.8 Å². The number of oxime groups is 1. The van der Waals surface area contributed by atoms with Gasteiger partial charge >= 0.3 is 0 Å². The summed E-state index contributed by atoms with van der Waals surface area (Å²) in [5, 5.41) is 14.7. The Morgan fingerprint density at radius 1 is 1.52 bits per heavy atom. The summed E-state index contributed by atoms with van der Waals surface area (Å²) in [5.41, 5.74) is 7.26. The standard InChI is InChI=1S/C15H21N3O3/c1-10-5-3-6-11(13(10)14(16)18-20)17-12(19)9-15(21-2)7-4-8-15/h3,5-6,20H,4,7-9H2,1-2H3,(H2,16,18)(H,17,19). The van der Waals surface area contributed by atoms with Gasteiger partial charge in [0.1, 0.15) is 0 Å². The molecule has 21 heavy (non-hydrogen) atoms. The van der Waals surface area contributed by atoms with Crippen LogP contribution < -0.4 is 11.1 Å². The number of methoxy groups -OCH3 is 1. The quantitative estimate of drug-likeness (QED) is 0.334. The normalized spacial score (nSPS) is 17.1. The molecule has 1 saturated carbocycles. The van der Waals surface area contributed by atoms with Crippen molar-refractivity contribution in [1.82, 2.24) is 0 Å². The summed E-state index contributed by atoms with van der Waals surface area (Å²) < 4.78 is 5.46. The number of amides is 1. The molecule has 0 radical (unpaired) electrons. The van der Waals surface area contributed by atoms with Crippen molar-refractivity contribution < 1.29 is 14.7 Å². The number of hydrogen-bond acceptors (Lipinski definition) is 4. The molecule has 6 nitrogen and oxygen atoms in total. The molecule has 0 bridgehead atoms. The van der Waals surface area contributed by atoms with E-state index in [4.69, 9.17) is 15.7 Å². The molecule has 4 N–H and O–H groups in total. The lowest BCUT2D eigenvalue weighted by Crippen LogP contribution is -2.42. The predicted octanol–water partition coefficient (Wildman–Crippen LogP) is 1.99. The monoisotopic (exact) mass is 291 g/mol. The van der Waals surface area contributed by atoms with Gasteiger partial charge in [0.15, 0.2) is 5.84 Å². The summed E-state index contributed by atoms with van der Waals surface area (Å²) in [5.74, 6) is -0.150. The van der Waals surface area contributed by atoms with Gasteiger partial charge in [0, 0.05) is 12.7 Å². The van der Waals surface area contributed by atoms with Gasteiger partial charge in [-0.1, -0.05) is 17.3 Å². The minimum atomic E-state index is -0.329. The first kappa shape index (κ1) is 15.3. The number of amidine groups is 1. The molecule has 1 amide bonds. The maximum absolute atomic E-state index is 12.2. The molecule has 0 unspecified atom stereocenters. The van der Waals surface area contributed by atoms with Gasteiger partial charge in [0.2, 0.25) is 5.91 Å². The second-order valence-corrected chi connectivity index (χ2v) is 5.45. The van der Waals surface area contributed by atoms with Crippen molar-refractivity contribution in [2.24, 2.45) is 10.9 Å². The van der Waals surface area contributed by atoms with Crippen LogP contribution >= 0.6 is 0 Å². The van der Waals surface area contributed by atoms with Crippen LogP contribution in [-0.4, -0.2) is 29.7 Å². The van der Waals surface area contributed by atoms with Crippen molar-refractivity contribution >= 4 is 17.4 Å². The van der Waals surface area contributed by atoms with Gasteiger partial charge in [-0.2, -0.15) is 0 Å². The van der Waals surface area contributed by atoms with Crippen LogP contribution in [0.25, 0.3) is 0 Å². The van der Waals surface area contributed by atoms with Gasteiger partial charge in [-0.3, -0.25) is 4.79 Å². The van der Waals surface area contributed by atoms with Crippen molar-refractivity contribution in [3.8, 4) is 0 Å². The van der Waals surface area contributed by atoms with E-state index in [-0.39, 0.29) is 17.3 Å². The van der Waals surface area contributed by atoms with E-state index in [9.17, 15) is 4.79 Å². The number of benzene rings is 1. The lowest BCUT2D eigenvalue weighted by Gasteiger charge is -2.39. The second kappa shape index (κ2) is 6.13. The van der Waals surface area contributed by atoms with E-state index in [2.05, 4.69) is 10.5 Å². The van der Waals surface area contributed by atoms with Crippen LogP contribution in [0.5, 0.6) is 0 Å². The van der Waals surface area contributed by atoms with Gasteiger partial charge < -0.3 is 21.0 Å². The van der Waals surface area contributed by atoms with Crippen molar-refractivity contribution in [2.75, 3.05) is 12.4 Å². The molecule has 1 aromatic rings. The number of nitrogens with two attached hydrogens (primary N) is 1. The lowest BCUT2D eigenvalue weighted by atomic mass is 9.77. The highest BCUT2D eigenvalue weighted by atomic mass is 16.5. The first-order chi connectivity index (χ1) is 10.0. The summed E-state index contributed by atoms with van der Waals surface area (Å²) in [7, 11) is 1.64. The summed E-state index contributed by atoms with van der Waals surface area (Å²) in [6.07, 6.45) is 3.20. The largest absolute Gasteiger partial charge is 0.409 e. The maximum atomic E-state index is 12.2. The number of nitrogens with one attached hydrogen (secondary N) is 1. The zero-order valence-corrected chi connectivity index (χ0v) is 12.3. The van der Waals surface area contributed by atoms with Gasteiger partial charge in [-0.15, -0.1) is 0 Å². The highest BCUT2D eigenvalue weighted by Crippen LogP contribution is 2.38. The predicted molar refractivity (Wildman–Crippen MR) is 80.5 cm³/mol. The molecular formula is C15H21N3O3. The fourth-order valence-electron chi connectivity index (χ4n) is 2.67. The van der Waals surface area contributed by atoms with Crippen molar-refractivity contribution in [3.63, 3.8) is 0 Å². The number of hydrogen-bond donors (Lipinski definition) is 3. The Hall–Kier alpha value is -2.08. The Morgan fingerprint density at radius 3 is 2.76 bits per heavy atom. The molecule has 6 heteroatoms. The average molecular weight is 291 g/mol. The molecule has 0 aliphatic heterocycles. The fraction of sp³-hybridized carbons (Fsp3) is 0.467. The van der Waals surface area contributed by atoms with E-state index >= 15 is 0 Å². The maximum Gasteiger partial charge on any atom is 0.227 e. The van der Waals surface area contributed by atoms with Crippen molar-refractivity contribution in [3.05, 3.63) is 29.3 Å². The highest BCUT2D eigenvalue weighted by molar-refractivity contribution is 6.06. The molecule has 1 aliphatic carbocycles. The van der Waals surface area contributed by atoms with Gasteiger partial charge in [0.05, 0.1) is 17.7 Å².